The third kappa shape index (κ3) is 4.97. The van der Waals surface area contributed by atoms with Gasteiger partial charge < -0.3 is 10.1 Å². The lowest BCUT2D eigenvalue weighted by atomic mass is 10.1. The maximum atomic E-state index is 5.20. The van der Waals surface area contributed by atoms with Crippen LogP contribution >= 0.6 is 11.3 Å². The second kappa shape index (κ2) is 9.85. The quantitative estimate of drug-likeness (QED) is 0.285. The van der Waals surface area contributed by atoms with Crippen LogP contribution in [0.5, 0.6) is 5.75 Å². The van der Waals surface area contributed by atoms with Crippen LogP contribution in [0.2, 0.25) is 0 Å². The summed E-state index contributed by atoms with van der Waals surface area (Å²) in [6.07, 6.45) is 0. The first-order valence-electron chi connectivity index (χ1n) is 11.0. The Labute approximate surface area is 203 Å². The Morgan fingerprint density at radius 2 is 1.41 bits per heavy atom. The summed E-state index contributed by atoms with van der Waals surface area (Å²) in [5.74, 6) is 1.56. The molecule has 5 aromatic rings. The van der Waals surface area contributed by atoms with Gasteiger partial charge in [-0.3, -0.25) is 0 Å². The van der Waals surface area contributed by atoms with Gasteiger partial charge in [-0.1, -0.05) is 54.1 Å². The van der Waals surface area contributed by atoms with E-state index in [1.165, 1.54) is 11.1 Å². The molecule has 0 saturated heterocycles. The van der Waals surface area contributed by atoms with Crippen LogP contribution < -0.4 is 10.1 Å². The van der Waals surface area contributed by atoms with Crippen LogP contribution in [0.25, 0.3) is 33.1 Å². The van der Waals surface area contributed by atoms with Crippen molar-refractivity contribution in [3.63, 3.8) is 0 Å². The van der Waals surface area contributed by atoms with Crippen LogP contribution in [0.4, 0.5) is 5.82 Å². The third-order valence-corrected chi connectivity index (χ3v) is 6.47. The number of hydrogen-bond donors (Lipinski definition) is 1. The Kier molecular flexibility index (Phi) is 6.31. The van der Waals surface area contributed by atoms with Gasteiger partial charge in [-0.25, -0.2) is 4.98 Å². The normalized spacial score (nSPS) is 10.8. The van der Waals surface area contributed by atoms with E-state index in [0.717, 1.165) is 44.7 Å². The van der Waals surface area contributed by atoms with Crippen molar-refractivity contribution in [2.24, 2.45) is 0 Å². The molecule has 2 heterocycles. The van der Waals surface area contributed by atoms with Crippen LogP contribution in [-0.2, 0) is 6.54 Å². The molecule has 5 rings (SSSR count). The molecule has 0 aliphatic carbocycles. The van der Waals surface area contributed by atoms with E-state index in [1.54, 1.807) is 18.4 Å². The van der Waals surface area contributed by atoms with Gasteiger partial charge >= 0.3 is 0 Å². The van der Waals surface area contributed by atoms with Crippen molar-refractivity contribution >= 4 is 17.2 Å². The second-order valence-electron chi connectivity index (χ2n) is 7.99. The van der Waals surface area contributed by atoms with E-state index in [9.17, 15) is 0 Å². The molecule has 0 radical (unpaired) electrons. The lowest BCUT2D eigenvalue weighted by molar-refractivity contribution is 0.415. The molecule has 0 bridgehead atoms. The molecule has 6 heteroatoms. The lowest BCUT2D eigenvalue weighted by Crippen LogP contribution is -2.02. The second-order valence-corrected chi connectivity index (χ2v) is 8.84. The smallest absolute Gasteiger partial charge is 0.148 e. The molecule has 34 heavy (non-hydrogen) atoms. The molecule has 0 unspecified atom stereocenters. The highest BCUT2D eigenvalue weighted by molar-refractivity contribution is 7.13. The first kappa shape index (κ1) is 21.8. The number of benzene rings is 3. The number of hydrogen-bond acceptors (Lipinski definition) is 6. The van der Waals surface area contributed by atoms with Crippen LogP contribution in [0.3, 0.4) is 0 Å². The minimum Gasteiger partial charge on any atom is -0.497 e. The SMILES string of the molecule is COc1ccc(-c2ccc(NCc3ccc(-c4nc(-c5ccc(C)cc5)cs4)cc3)nn2)cc1. The molecular formula is C28H24N4OS. The molecule has 168 valence electrons. The summed E-state index contributed by atoms with van der Waals surface area (Å²) < 4.78 is 5.20. The molecule has 0 amide bonds. The average Bonchev–Trinajstić information content (AvgIpc) is 3.39. The Balaban J connectivity index is 1.20. The van der Waals surface area contributed by atoms with Crippen molar-refractivity contribution < 1.29 is 4.74 Å². The van der Waals surface area contributed by atoms with Gasteiger partial charge in [-0.2, -0.15) is 0 Å². The van der Waals surface area contributed by atoms with Crippen LogP contribution in [-0.4, -0.2) is 22.3 Å². The Bertz CT molecular complexity index is 1360. The van der Waals surface area contributed by atoms with Crippen molar-refractivity contribution in [2.75, 3.05) is 12.4 Å². The molecule has 0 aliphatic heterocycles. The zero-order chi connectivity index (χ0) is 23.3. The monoisotopic (exact) mass is 464 g/mol. The molecule has 0 saturated carbocycles. The number of aryl methyl sites for hydroxylation is 1. The number of ether oxygens (including phenoxy) is 1. The summed E-state index contributed by atoms with van der Waals surface area (Å²) in [5, 5.41) is 15.1. The fourth-order valence-electron chi connectivity index (χ4n) is 3.56. The maximum Gasteiger partial charge on any atom is 0.148 e. The van der Waals surface area contributed by atoms with Crippen molar-refractivity contribution in [2.45, 2.75) is 13.5 Å². The highest BCUT2D eigenvalue weighted by atomic mass is 32.1. The van der Waals surface area contributed by atoms with E-state index in [-0.39, 0.29) is 0 Å². The predicted molar refractivity (Wildman–Crippen MR) is 139 cm³/mol. The molecule has 0 aliphatic rings. The largest absolute Gasteiger partial charge is 0.497 e. The van der Waals surface area contributed by atoms with Crippen LogP contribution in [0.1, 0.15) is 11.1 Å². The molecule has 1 N–H and O–H groups in total. The first-order chi connectivity index (χ1) is 16.7. The number of aromatic nitrogens is 3. The van der Waals surface area contributed by atoms with E-state index in [1.807, 2.05) is 36.4 Å². The summed E-state index contributed by atoms with van der Waals surface area (Å²) >= 11 is 1.67. The molecule has 0 fully saturated rings. The molecule has 3 aromatic carbocycles. The first-order valence-corrected chi connectivity index (χ1v) is 11.9. The van der Waals surface area contributed by atoms with Crippen LogP contribution in [0, 0.1) is 6.92 Å². The summed E-state index contributed by atoms with van der Waals surface area (Å²) in [4.78, 5) is 4.82. The Morgan fingerprint density at radius 1 is 0.735 bits per heavy atom. The zero-order valence-corrected chi connectivity index (χ0v) is 19.8. The summed E-state index contributed by atoms with van der Waals surface area (Å²) in [6.45, 7) is 2.76. The fraction of sp³-hybridized carbons (Fsp3) is 0.107. The summed E-state index contributed by atoms with van der Waals surface area (Å²) in [6, 6.07) is 28.7. The molecule has 0 spiro atoms. The van der Waals surface area contributed by atoms with Crippen molar-refractivity contribution in [3.05, 3.63) is 101 Å². The molecule has 2 aromatic heterocycles. The number of rotatable bonds is 7. The predicted octanol–water partition coefficient (Wildman–Crippen LogP) is 6.86. The molecular weight excluding hydrogens is 440 g/mol. The molecule has 5 nitrogen and oxygen atoms in total. The minimum atomic E-state index is 0.670. The summed E-state index contributed by atoms with van der Waals surface area (Å²) in [7, 11) is 1.66. The number of methoxy groups -OCH3 is 1. The van der Waals surface area contributed by atoms with Gasteiger partial charge in [0, 0.05) is 28.6 Å². The number of nitrogens with zero attached hydrogens (tertiary/aromatic N) is 3. The number of nitrogens with one attached hydrogen (secondary N) is 1. The number of thiazole rings is 1. The summed E-state index contributed by atoms with van der Waals surface area (Å²) in [5.41, 5.74) is 7.53. The minimum absolute atomic E-state index is 0.670. The fourth-order valence-corrected chi connectivity index (χ4v) is 4.40. The Hall–Kier alpha value is -4.03. The van der Waals surface area contributed by atoms with E-state index in [2.05, 4.69) is 76.3 Å². The highest BCUT2D eigenvalue weighted by Gasteiger charge is 2.07. The van der Waals surface area contributed by atoms with Crippen molar-refractivity contribution in [1.29, 1.82) is 0 Å². The maximum absolute atomic E-state index is 5.20. The molecule has 0 atom stereocenters. The van der Waals surface area contributed by atoms with E-state index >= 15 is 0 Å². The van der Waals surface area contributed by atoms with Gasteiger partial charge in [0.25, 0.3) is 0 Å². The van der Waals surface area contributed by atoms with Gasteiger partial charge in [-0.15, -0.1) is 21.5 Å². The zero-order valence-electron chi connectivity index (χ0n) is 19.0. The van der Waals surface area contributed by atoms with Gasteiger partial charge in [-0.05, 0) is 48.9 Å². The highest BCUT2D eigenvalue weighted by Crippen LogP contribution is 2.29. The van der Waals surface area contributed by atoms with Crippen molar-refractivity contribution in [3.8, 4) is 38.8 Å². The van der Waals surface area contributed by atoms with Gasteiger partial charge in [0.2, 0.25) is 0 Å². The van der Waals surface area contributed by atoms with E-state index in [4.69, 9.17) is 9.72 Å². The Morgan fingerprint density at radius 3 is 2.09 bits per heavy atom. The third-order valence-electron chi connectivity index (χ3n) is 5.58. The topological polar surface area (TPSA) is 59.9 Å². The lowest BCUT2D eigenvalue weighted by Gasteiger charge is -2.07. The van der Waals surface area contributed by atoms with Gasteiger partial charge in [0.05, 0.1) is 18.5 Å². The van der Waals surface area contributed by atoms with E-state index in [0.29, 0.717) is 6.54 Å². The van der Waals surface area contributed by atoms with Gasteiger partial charge in [0.1, 0.15) is 16.6 Å². The van der Waals surface area contributed by atoms with Gasteiger partial charge in [0.15, 0.2) is 0 Å². The number of anilines is 1. The van der Waals surface area contributed by atoms with E-state index < -0.39 is 0 Å². The standard InChI is InChI=1S/C28H24N4OS/c1-19-3-7-22(8-4-19)26-18-34-28(30-26)23-9-5-20(6-10-23)17-29-27-16-15-25(31-32-27)21-11-13-24(33-2)14-12-21/h3-16,18H,17H2,1-2H3,(H,29,32). The van der Waals surface area contributed by atoms with Crippen LogP contribution in [0.15, 0.2) is 90.3 Å². The average molecular weight is 465 g/mol. The van der Waals surface area contributed by atoms with Crippen molar-refractivity contribution in [1.82, 2.24) is 15.2 Å².